The Kier molecular flexibility index (Phi) is 4.29. The highest BCUT2D eigenvalue weighted by molar-refractivity contribution is 5.90. The number of hydrogen-bond acceptors (Lipinski definition) is 4. The van der Waals surface area contributed by atoms with Crippen molar-refractivity contribution in [3.05, 3.63) is 0 Å². The number of hydrogen-bond donors (Lipinski definition) is 3. The van der Waals surface area contributed by atoms with Crippen LogP contribution in [0.15, 0.2) is 0 Å². The number of piperazine rings is 1. The molecular formula is C12H18N4O5. The third-order valence-electron chi connectivity index (χ3n) is 3.88. The molecule has 9 heteroatoms. The summed E-state index contributed by atoms with van der Waals surface area (Å²) in [5.74, 6) is -2.18. The van der Waals surface area contributed by atoms with Gasteiger partial charge in [0.25, 0.3) is 0 Å². The maximum absolute atomic E-state index is 12.4. The highest BCUT2D eigenvalue weighted by Crippen LogP contribution is 2.19. The van der Waals surface area contributed by atoms with Crippen LogP contribution in [0.25, 0.3) is 0 Å². The Labute approximate surface area is 121 Å². The second-order valence-corrected chi connectivity index (χ2v) is 5.23. The van der Waals surface area contributed by atoms with E-state index in [0.29, 0.717) is 25.9 Å². The molecule has 2 fully saturated rings. The molecule has 4 N–H and O–H groups in total. The smallest absolute Gasteiger partial charge is 0.328 e. The van der Waals surface area contributed by atoms with Gasteiger partial charge in [-0.05, 0) is 12.8 Å². The van der Waals surface area contributed by atoms with Crippen molar-refractivity contribution < 1.29 is 24.3 Å². The SMILES string of the molecule is NC(=O)C1CCN(C(=O)N2CC(=O)NCC2C(=O)O)CC1. The second-order valence-electron chi connectivity index (χ2n) is 5.23. The second kappa shape index (κ2) is 5.98. The molecule has 2 saturated heterocycles. The first-order valence-electron chi connectivity index (χ1n) is 6.74. The van der Waals surface area contributed by atoms with Crippen LogP contribution in [-0.2, 0) is 14.4 Å². The molecule has 116 valence electrons. The van der Waals surface area contributed by atoms with Gasteiger partial charge in [-0.1, -0.05) is 0 Å². The molecule has 0 bridgehead atoms. The van der Waals surface area contributed by atoms with Crippen molar-refractivity contribution >= 4 is 23.8 Å². The molecule has 0 radical (unpaired) electrons. The number of aliphatic carboxylic acids is 1. The Morgan fingerprint density at radius 2 is 1.86 bits per heavy atom. The number of amides is 4. The minimum atomic E-state index is -1.16. The highest BCUT2D eigenvalue weighted by Gasteiger charge is 2.38. The number of carboxylic acids is 1. The minimum absolute atomic E-state index is 0.0995. The van der Waals surface area contributed by atoms with E-state index in [1.54, 1.807) is 0 Å². The van der Waals surface area contributed by atoms with Gasteiger partial charge in [-0.2, -0.15) is 0 Å². The van der Waals surface area contributed by atoms with E-state index >= 15 is 0 Å². The number of nitrogens with zero attached hydrogens (tertiary/aromatic N) is 2. The first-order chi connectivity index (χ1) is 9.90. The number of carboxylic acid groups (broad SMARTS) is 1. The van der Waals surface area contributed by atoms with Crippen LogP contribution >= 0.6 is 0 Å². The lowest BCUT2D eigenvalue weighted by atomic mass is 9.96. The van der Waals surface area contributed by atoms with Crippen molar-refractivity contribution in [2.75, 3.05) is 26.2 Å². The predicted octanol–water partition coefficient (Wildman–Crippen LogP) is -1.81. The van der Waals surface area contributed by atoms with Crippen LogP contribution in [-0.4, -0.2) is 70.9 Å². The summed E-state index contributed by atoms with van der Waals surface area (Å²) in [6, 6.07) is -1.55. The quantitative estimate of drug-likeness (QED) is 0.552. The first kappa shape index (κ1) is 15.1. The van der Waals surface area contributed by atoms with Crippen molar-refractivity contribution in [3.8, 4) is 0 Å². The van der Waals surface area contributed by atoms with Gasteiger partial charge in [0.2, 0.25) is 11.8 Å². The van der Waals surface area contributed by atoms with Gasteiger partial charge < -0.3 is 21.1 Å². The Morgan fingerprint density at radius 1 is 1.24 bits per heavy atom. The molecule has 0 aromatic rings. The number of carbonyl (C=O) groups is 4. The number of rotatable bonds is 2. The third-order valence-corrected chi connectivity index (χ3v) is 3.88. The van der Waals surface area contributed by atoms with Gasteiger partial charge in [0.05, 0.1) is 0 Å². The van der Waals surface area contributed by atoms with Crippen molar-refractivity contribution in [2.24, 2.45) is 11.7 Å². The summed E-state index contributed by atoms with van der Waals surface area (Å²) in [4.78, 5) is 48.6. The molecule has 2 rings (SSSR count). The van der Waals surface area contributed by atoms with Gasteiger partial charge in [-0.25, -0.2) is 9.59 Å². The molecule has 21 heavy (non-hydrogen) atoms. The van der Waals surface area contributed by atoms with Crippen molar-refractivity contribution in [1.29, 1.82) is 0 Å². The number of carbonyl (C=O) groups excluding carboxylic acids is 3. The molecule has 1 unspecified atom stereocenters. The van der Waals surface area contributed by atoms with E-state index in [4.69, 9.17) is 10.8 Å². The summed E-state index contributed by atoms with van der Waals surface area (Å²) in [7, 11) is 0. The summed E-state index contributed by atoms with van der Waals surface area (Å²) < 4.78 is 0. The molecule has 9 nitrogen and oxygen atoms in total. The van der Waals surface area contributed by atoms with Crippen LogP contribution in [0.3, 0.4) is 0 Å². The average Bonchev–Trinajstić information content (AvgIpc) is 2.46. The molecule has 2 aliphatic heterocycles. The molecule has 0 spiro atoms. The molecule has 2 aliphatic rings. The van der Waals surface area contributed by atoms with E-state index in [1.165, 1.54) is 4.90 Å². The largest absolute Gasteiger partial charge is 0.480 e. The van der Waals surface area contributed by atoms with E-state index in [2.05, 4.69) is 5.32 Å². The van der Waals surface area contributed by atoms with Gasteiger partial charge in [-0.15, -0.1) is 0 Å². The maximum Gasteiger partial charge on any atom is 0.328 e. The first-order valence-corrected chi connectivity index (χ1v) is 6.74. The standard InChI is InChI=1S/C12H18N4O5/c13-10(18)7-1-3-15(4-2-7)12(21)16-6-9(17)14-5-8(16)11(19)20/h7-8H,1-6H2,(H2,13,18)(H,14,17)(H,19,20). The Hall–Kier alpha value is -2.32. The molecular weight excluding hydrogens is 280 g/mol. The predicted molar refractivity (Wildman–Crippen MR) is 70.0 cm³/mol. The molecule has 0 aliphatic carbocycles. The minimum Gasteiger partial charge on any atom is -0.480 e. The normalized spacial score (nSPS) is 23.6. The fourth-order valence-corrected chi connectivity index (χ4v) is 2.60. The van der Waals surface area contributed by atoms with Crippen LogP contribution in [0, 0.1) is 5.92 Å². The van der Waals surface area contributed by atoms with Crippen LogP contribution in [0.4, 0.5) is 4.79 Å². The van der Waals surface area contributed by atoms with E-state index in [-0.39, 0.29) is 30.8 Å². The summed E-state index contributed by atoms with van der Waals surface area (Å²) in [5, 5.41) is 11.6. The average molecular weight is 298 g/mol. The number of nitrogens with two attached hydrogens (primary N) is 1. The lowest BCUT2D eigenvalue weighted by Gasteiger charge is -2.38. The van der Waals surface area contributed by atoms with E-state index in [9.17, 15) is 19.2 Å². The van der Waals surface area contributed by atoms with Gasteiger partial charge in [-0.3, -0.25) is 14.5 Å². The van der Waals surface area contributed by atoms with Gasteiger partial charge >= 0.3 is 12.0 Å². The number of urea groups is 1. The zero-order chi connectivity index (χ0) is 15.6. The fraction of sp³-hybridized carbons (Fsp3) is 0.667. The van der Waals surface area contributed by atoms with Crippen LogP contribution < -0.4 is 11.1 Å². The van der Waals surface area contributed by atoms with Gasteiger partial charge in [0.15, 0.2) is 0 Å². The van der Waals surface area contributed by atoms with Crippen molar-refractivity contribution in [1.82, 2.24) is 15.1 Å². The summed E-state index contributed by atoms with van der Waals surface area (Å²) in [5.41, 5.74) is 5.23. The number of primary amides is 1. The molecule has 0 aromatic heterocycles. The topological polar surface area (TPSA) is 133 Å². The Balaban J connectivity index is 2.02. The lowest BCUT2D eigenvalue weighted by Crippen LogP contribution is -2.62. The highest BCUT2D eigenvalue weighted by atomic mass is 16.4. The molecule has 0 aromatic carbocycles. The molecule has 0 saturated carbocycles. The van der Waals surface area contributed by atoms with E-state index < -0.39 is 18.0 Å². The summed E-state index contributed by atoms with van der Waals surface area (Å²) in [6.07, 6.45) is 0.914. The molecule has 4 amide bonds. The summed E-state index contributed by atoms with van der Waals surface area (Å²) >= 11 is 0. The molecule has 2 heterocycles. The zero-order valence-electron chi connectivity index (χ0n) is 11.4. The van der Waals surface area contributed by atoms with Crippen LogP contribution in [0.5, 0.6) is 0 Å². The van der Waals surface area contributed by atoms with Gasteiger partial charge in [0, 0.05) is 25.6 Å². The Morgan fingerprint density at radius 3 is 2.38 bits per heavy atom. The maximum atomic E-state index is 12.4. The number of likely N-dealkylation sites (tertiary alicyclic amines) is 1. The van der Waals surface area contributed by atoms with Crippen molar-refractivity contribution in [2.45, 2.75) is 18.9 Å². The third kappa shape index (κ3) is 3.23. The van der Waals surface area contributed by atoms with Gasteiger partial charge in [0.1, 0.15) is 12.6 Å². The van der Waals surface area contributed by atoms with Crippen molar-refractivity contribution in [3.63, 3.8) is 0 Å². The van der Waals surface area contributed by atoms with E-state index in [0.717, 1.165) is 4.90 Å². The monoisotopic (exact) mass is 298 g/mol. The van der Waals surface area contributed by atoms with Crippen LogP contribution in [0.1, 0.15) is 12.8 Å². The summed E-state index contributed by atoms with van der Waals surface area (Å²) in [6.45, 7) is 0.289. The number of nitrogens with one attached hydrogen (secondary N) is 1. The van der Waals surface area contributed by atoms with E-state index in [1.807, 2.05) is 0 Å². The molecule has 1 atom stereocenters. The zero-order valence-corrected chi connectivity index (χ0v) is 11.4. The van der Waals surface area contributed by atoms with Crippen LogP contribution in [0.2, 0.25) is 0 Å². The Bertz CT molecular complexity index is 472. The lowest BCUT2D eigenvalue weighted by molar-refractivity contribution is -0.144. The fourth-order valence-electron chi connectivity index (χ4n) is 2.60. The number of piperidine rings is 1.